The Labute approximate surface area is 208 Å². The van der Waals surface area contributed by atoms with E-state index in [1.807, 2.05) is 75.8 Å². The summed E-state index contributed by atoms with van der Waals surface area (Å²) in [5.41, 5.74) is 1.81. The summed E-state index contributed by atoms with van der Waals surface area (Å²) in [6.45, 7) is 16.4. The van der Waals surface area contributed by atoms with Gasteiger partial charge in [-0.25, -0.2) is 9.67 Å². The summed E-state index contributed by atoms with van der Waals surface area (Å²) >= 11 is 6.65. The first kappa shape index (κ1) is 25.4. The molecular weight excluding hydrogens is 465 g/mol. The average molecular weight is 500 g/mol. The number of nitrogens with zero attached hydrogens (tertiary/aromatic N) is 3. The van der Waals surface area contributed by atoms with Crippen LogP contribution in [0.25, 0.3) is 16.7 Å². The van der Waals surface area contributed by atoms with Crippen LogP contribution in [0.4, 0.5) is 0 Å². The lowest BCUT2D eigenvalue weighted by atomic mass is 9.79. The molecule has 4 rings (SSSR count). The van der Waals surface area contributed by atoms with E-state index in [-0.39, 0.29) is 5.04 Å². The Morgan fingerprint density at radius 1 is 1.12 bits per heavy atom. The van der Waals surface area contributed by atoms with Gasteiger partial charge in [0.15, 0.2) is 14.1 Å². The zero-order valence-electron chi connectivity index (χ0n) is 21.4. The number of rotatable bonds is 6. The number of aryl methyl sites for hydroxylation is 1. The normalized spacial score (nSPS) is 18.1. The molecule has 0 radical (unpaired) electrons. The van der Waals surface area contributed by atoms with Crippen LogP contribution in [-0.4, -0.2) is 46.2 Å². The maximum Gasteiger partial charge on any atom is 0.494 e. The van der Waals surface area contributed by atoms with Crippen LogP contribution in [0.2, 0.25) is 23.2 Å². The largest absolute Gasteiger partial charge is 0.494 e. The van der Waals surface area contributed by atoms with E-state index in [1.165, 1.54) is 0 Å². The predicted molar refractivity (Wildman–Crippen MR) is 142 cm³/mol. The zero-order chi connectivity index (χ0) is 25.1. The van der Waals surface area contributed by atoms with E-state index in [0.29, 0.717) is 5.02 Å². The second-order valence-corrected chi connectivity index (χ2v) is 16.4. The molecule has 2 aromatic heterocycles. The molecule has 3 heterocycles. The van der Waals surface area contributed by atoms with Crippen LogP contribution in [0.15, 0.2) is 36.5 Å². The summed E-state index contributed by atoms with van der Waals surface area (Å²) in [6.07, 6.45) is 3.43. The average Bonchev–Trinajstić information content (AvgIpc) is 3.24. The van der Waals surface area contributed by atoms with Gasteiger partial charge in [0.25, 0.3) is 0 Å². The Morgan fingerprint density at radius 3 is 2.38 bits per heavy atom. The summed E-state index contributed by atoms with van der Waals surface area (Å²) in [4.78, 5) is 15.5. The summed E-state index contributed by atoms with van der Waals surface area (Å²) in [7, 11) is -2.78. The van der Waals surface area contributed by atoms with Crippen LogP contribution in [0.1, 0.15) is 53.7 Å². The highest BCUT2D eigenvalue weighted by Gasteiger charge is 2.51. The highest BCUT2D eigenvalue weighted by atomic mass is 35.5. The third kappa shape index (κ3) is 4.58. The standard InChI is InChI=1S/C25H35BClN3O3Si/c1-23(2,34(7,8)31)13-12-18-10-9-11-22(29-18)30-21-15-17(14-20(27)19(21)16-28-30)26-32-24(3,4)25(5,6)33-26/h9-11,14-16,31H,12-13H2,1-8H3. The molecule has 1 aromatic carbocycles. The van der Waals surface area contributed by atoms with Gasteiger partial charge in [-0.1, -0.05) is 31.5 Å². The number of hydrogen-bond donors (Lipinski definition) is 1. The fraction of sp³-hybridized carbons (Fsp3) is 0.520. The van der Waals surface area contributed by atoms with E-state index in [4.69, 9.17) is 25.9 Å². The highest BCUT2D eigenvalue weighted by Crippen LogP contribution is 2.40. The predicted octanol–water partition coefficient (Wildman–Crippen LogP) is 5.28. The molecule has 3 aromatic rings. The van der Waals surface area contributed by atoms with E-state index in [2.05, 4.69) is 18.9 Å². The molecular formula is C25H35BClN3O3Si. The molecule has 0 amide bonds. The van der Waals surface area contributed by atoms with Crippen molar-refractivity contribution in [1.29, 1.82) is 0 Å². The maximum atomic E-state index is 10.6. The third-order valence-corrected chi connectivity index (χ3v) is 11.7. The molecule has 1 N–H and O–H groups in total. The van der Waals surface area contributed by atoms with Gasteiger partial charge in [0, 0.05) is 11.1 Å². The second kappa shape index (κ2) is 8.45. The lowest BCUT2D eigenvalue weighted by molar-refractivity contribution is 0.00578. The van der Waals surface area contributed by atoms with Crippen molar-refractivity contribution in [2.75, 3.05) is 0 Å². The Balaban J connectivity index is 1.67. The molecule has 0 bridgehead atoms. The van der Waals surface area contributed by atoms with Crippen LogP contribution in [-0.2, 0) is 15.7 Å². The first-order valence-electron chi connectivity index (χ1n) is 11.8. The first-order valence-corrected chi connectivity index (χ1v) is 15.2. The molecule has 1 aliphatic rings. The van der Waals surface area contributed by atoms with Crippen LogP contribution < -0.4 is 5.46 Å². The van der Waals surface area contributed by atoms with Crippen molar-refractivity contribution in [2.24, 2.45) is 0 Å². The van der Waals surface area contributed by atoms with Gasteiger partial charge in [0.05, 0.1) is 27.9 Å². The van der Waals surface area contributed by atoms with Gasteiger partial charge in [-0.3, -0.25) is 0 Å². The smallest absolute Gasteiger partial charge is 0.432 e. The molecule has 0 atom stereocenters. The Morgan fingerprint density at radius 2 is 1.76 bits per heavy atom. The fourth-order valence-corrected chi connectivity index (χ4v) is 4.88. The molecule has 0 spiro atoms. The van der Waals surface area contributed by atoms with Gasteiger partial charge in [-0.05, 0) is 88.4 Å². The number of halogens is 1. The van der Waals surface area contributed by atoms with E-state index in [1.54, 1.807) is 6.20 Å². The number of fused-ring (bicyclic) bond motifs is 1. The van der Waals surface area contributed by atoms with Crippen LogP contribution in [0, 0.1) is 0 Å². The monoisotopic (exact) mass is 499 g/mol. The van der Waals surface area contributed by atoms with Gasteiger partial charge in [0.2, 0.25) is 0 Å². The van der Waals surface area contributed by atoms with E-state index in [0.717, 1.165) is 40.7 Å². The Bertz CT molecular complexity index is 1200. The zero-order valence-corrected chi connectivity index (χ0v) is 23.2. The number of hydrogen-bond acceptors (Lipinski definition) is 5. The summed E-state index contributed by atoms with van der Waals surface area (Å²) < 4.78 is 14.3. The number of pyridine rings is 1. The molecule has 1 fully saturated rings. The van der Waals surface area contributed by atoms with Crippen molar-refractivity contribution in [3.8, 4) is 5.82 Å². The summed E-state index contributed by atoms with van der Waals surface area (Å²) in [5, 5.41) is 5.94. The van der Waals surface area contributed by atoms with E-state index in [9.17, 15) is 4.80 Å². The Kier molecular flexibility index (Phi) is 6.31. The summed E-state index contributed by atoms with van der Waals surface area (Å²) in [5.74, 6) is 0.730. The third-order valence-electron chi connectivity index (χ3n) is 7.86. The molecule has 9 heteroatoms. The van der Waals surface area contributed by atoms with Gasteiger partial charge >= 0.3 is 7.12 Å². The molecule has 6 nitrogen and oxygen atoms in total. The Hall–Kier alpha value is -1.71. The molecule has 1 aliphatic heterocycles. The molecule has 1 saturated heterocycles. The second-order valence-electron chi connectivity index (χ2n) is 11.5. The van der Waals surface area contributed by atoms with Crippen LogP contribution in [0.5, 0.6) is 0 Å². The van der Waals surface area contributed by atoms with Crippen molar-refractivity contribution >= 4 is 43.4 Å². The van der Waals surface area contributed by atoms with Crippen LogP contribution in [0.3, 0.4) is 0 Å². The van der Waals surface area contributed by atoms with Gasteiger partial charge in [-0.15, -0.1) is 0 Å². The van der Waals surface area contributed by atoms with Crippen molar-refractivity contribution in [3.63, 3.8) is 0 Å². The lowest BCUT2D eigenvalue weighted by Crippen LogP contribution is -2.41. The number of aromatic nitrogens is 3. The summed E-state index contributed by atoms with van der Waals surface area (Å²) in [6, 6.07) is 9.89. The van der Waals surface area contributed by atoms with Gasteiger partial charge < -0.3 is 14.1 Å². The molecule has 0 aliphatic carbocycles. The van der Waals surface area contributed by atoms with Crippen LogP contribution >= 0.6 is 11.6 Å². The van der Waals surface area contributed by atoms with Crippen molar-refractivity contribution < 1.29 is 14.1 Å². The topological polar surface area (TPSA) is 69.4 Å². The SMILES string of the molecule is CC1(C)OB(c2cc(Cl)c3cnn(-c4cccc(CCC(C)(C)[Si](C)(C)O)n4)c3c2)OC1(C)C. The first-order chi connectivity index (χ1) is 15.6. The highest BCUT2D eigenvalue weighted by molar-refractivity contribution is 6.72. The van der Waals surface area contributed by atoms with E-state index >= 15 is 0 Å². The van der Waals surface area contributed by atoms with Crippen molar-refractivity contribution in [3.05, 3.63) is 47.2 Å². The van der Waals surface area contributed by atoms with Gasteiger partial charge in [0.1, 0.15) is 0 Å². The van der Waals surface area contributed by atoms with Gasteiger partial charge in [-0.2, -0.15) is 5.10 Å². The quantitative estimate of drug-likeness (QED) is 0.467. The maximum absolute atomic E-state index is 10.6. The van der Waals surface area contributed by atoms with E-state index < -0.39 is 26.6 Å². The van der Waals surface area contributed by atoms with Crippen molar-refractivity contribution in [2.45, 2.75) is 83.7 Å². The van der Waals surface area contributed by atoms with Crippen molar-refractivity contribution in [1.82, 2.24) is 14.8 Å². The minimum absolute atomic E-state index is 0.103. The molecule has 0 unspecified atom stereocenters. The minimum Gasteiger partial charge on any atom is -0.432 e. The molecule has 0 saturated carbocycles. The molecule has 34 heavy (non-hydrogen) atoms. The fourth-order valence-electron chi connectivity index (χ4n) is 3.87. The minimum atomic E-state index is -2.27. The molecule has 182 valence electrons. The number of benzene rings is 1. The lowest BCUT2D eigenvalue weighted by Gasteiger charge is -2.35.